The molecule has 0 aliphatic rings. The summed E-state index contributed by atoms with van der Waals surface area (Å²) in [4.78, 5) is 27.0. The average Bonchev–Trinajstić information content (AvgIpc) is 2.73. The van der Waals surface area contributed by atoms with Gasteiger partial charge in [-0.3, -0.25) is 9.36 Å². The lowest BCUT2D eigenvalue weighted by molar-refractivity contribution is -0.140. The van der Waals surface area contributed by atoms with E-state index in [1.165, 1.54) is 24.3 Å². The SMILES string of the molecule is C=COC(=O)CC(O)C(c1c(-c2ccc(F)cc2)nc2ccccc2c1C(C)C)[PH](=O)O. The third-order valence-corrected chi connectivity index (χ3v) is 6.42. The minimum absolute atomic E-state index is 0.103. The molecule has 0 saturated heterocycles. The van der Waals surface area contributed by atoms with Crippen LogP contribution in [0.25, 0.3) is 22.2 Å². The number of aliphatic hydroxyl groups excluding tert-OH is 1. The van der Waals surface area contributed by atoms with Crippen LogP contribution in [-0.4, -0.2) is 27.1 Å². The zero-order valence-electron chi connectivity index (χ0n) is 17.8. The van der Waals surface area contributed by atoms with E-state index in [0.717, 1.165) is 17.2 Å². The van der Waals surface area contributed by atoms with Crippen LogP contribution in [-0.2, 0) is 14.1 Å². The van der Waals surface area contributed by atoms with E-state index in [1.807, 2.05) is 38.1 Å². The van der Waals surface area contributed by atoms with E-state index < -0.39 is 38.0 Å². The summed E-state index contributed by atoms with van der Waals surface area (Å²) in [6, 6.07) is 13.0. The van der Waals surface area contributed by atoms with Gasteiger partial charge in [-0.2, -0.15) is 0 Å². The number of nitrogens with zero attached hydrogens (tertiary/aromatic N) is 1. The molecular formula is C24H25FNO5P. The molecule has 3 unspecified atom stereocenters. The summed E-state index contributed by atoms with van der Waals surface area (Å²) in [7, 11) is -3.39. The maximum Gasteiger partial charge on any atom is 0.313 e. The summed E-state index contributed by atoms with van der Waals surface area (Å²) < 4.78 is 30.9. The summed E-state index contributed by atoms with van der Waals surface area (Å²) in [6.07, 6.45) is -1.06. The number of hydrogen-bond donors (Lipinski definition) is 2. The first-order valence-electron chi connectivity index (χ1n) is 10.1. The van der Waals surface area contributed by atoms with Crippen molar-refractivity contribution in [1.82, 2.24) is 4.98 Å². The molecular weight excluding hydrogens is 432 g/mol. The maximum absolute atomic E-state index is 13.6. The molecule has 0 aliphatic carbocycles. The van der Waals surface area contributed by atoms with E-state index in [9.17, 15) is 23.7 Å². The van der Waals surface area contributed by atoms with Gasteiger partial charge < -0.3 is 14.7 Å². The van der Waals surface area contributed by atoms with Crippen molar-refractivity contribution in [1.29, 1.82) is 0 Å². The number of esters is 1. The number of fused-ring (bicyclic) bond motifs is 1. The van der Waals surface area contributed by atoms with Gasteiger partial charge in [0.2, 0.25) is 0 Å². The van der Waals surface area contributed by atoms with Crippen molar-refractivity contribution in [3.05, 3.63) is 78.3 Å². The number of ether oxygens (including phenoxy) is 1. The standard InChI is InChI=1S/C24H25FNO5P/c1-4-31-20(28)13-19(27)24(32(29)30)22-21(14(2)3)17-7-5-6-8-18(17)26-23(22)15-9-11-16(25)12-10-15/h4-12,14,19,24,27,32H,1,13H2,2-3H3,(H,29,30). The Balaban J connectivity index is 2.34. The van der Waals surface area contributed by atoms with Gasteiger partial charge in [0.05, 0.1) is 35.7 Å². The van der Waals surface area contributed by atoms with Gasteiger partial charge in [-0.15, -0.1) is 0 Å². The Labute approximate surface area is 186 Å². The first-order valence-corrected chi connectivity index (χ1v) is 11.6. The predicted octanol–water partition coefficient (Wildman–Crippen LogP) is 5.11. The highest BCUT2D eigenvalue weighted by Gasteiger charge is 2.34. The Morgan fingerprint density at radius 2 is 1.84 bits per heavy atom. The quantitative estimate of drug-likeness (QED) is 0.277. The van der Waals surface area contributed by atoms with Crippen LogP contribution in [0.15, 0.2) is 61.4 Å². The van der Waals surface area contributed by atoms with Gasteiger partial charge in [0.1, 0.15) is 5.82 Å². The van der Waals surface area contributed by atoms with E-state index in [0.29, 0.717) is 22.3 Å². The van der Waals surface area contributed by atoms with Crippen molar-refractivity contribution in [3.63, 3.8) is 0 Å². The fourth-order valence-corrected chi connectivity index (χ4v) is 4.91. The number of halogens is 1. The molecule has 0 spiro atoms. The average molecular weight is 457 g/mol. The molecule has 2 aromatic carbocycles. The number of benzene rings is 2. The van der Waals surface area contributed by atoms with Crippen molar-refractivity contribution in [2.24, 2.45) is 0 Å². The minimum atomic E-state index is -3.39. The molecule has 0 fully saturated rings. The molecule has 3 aromatic rings. The summed E-state index contributed by atoms with van der Waals surface area (Å²) in [5.74, 6) is -1.31. The third kappa shape index (κ3) is 4.96. The lowest BCUT2D eigenvalue weighted by Gasteiger charge is -2.27. The molecule has 2 N–H and O–H groups in total. The first-order chi connectivity index (χ1) is 15.2. The second-order valence-electron chi connectivity index (χ2n) is 7.71. The topological polar surface area (TPSA) is 96.7 Å². The van der Waals surface area contributed by atoms with Crippen LogP contribution >= 0.6 is 8.03 Å². The summed E-state index contributed by atoms with van der Waals surface area (Å²) in [5.41, 5.74) is 1.38. The van der Waals surface area contributed by atoms with Crippen molar-refractivity contribution in [3.8, 4) is 11.3 Å². The van der Waals surface area contributed by atoms with Gasteiger partial charge in [0, 0.05) is 10.9 Å². The highest BCUT2D eigenvalue weighted by molar-refractivity contribution is 7.38. The van der Waals surface area contributed by atoms with E-state index in [1.54, 1.807) is 0 Å². The number of aliphatic hydroxyl groups is 1. The molecule has 0 saturated carbocycles. The lowest BCUT2D eigenvalue weighted by Crippen LogP contribution is -2.23. The normalized spacial score (nSPS) is 14.2. The van der Waals surface area contributed by atoms with Crippen LogP contribution in [0.4, 0.5) is 4.39 Å². The molecule has 3 atom stereocenters. The lowest BCUT2D eigenvalue weighted by atomic mass is 9.86. The molecule has 0 amide bonds. The van der Waals surface area contributed by atoms with E-state index in [-0.39, 0.29) is 5.92 Å². The Bertz CT molecular complexity index is 1160. The molecule has 1 heterocycles. The highest BCUT2D eigenvalue weighted by Crippen LogP contribution is 2.49. The van der Waals surface area contributed by atoms with E-state index >= 15 is 0 Å². The smallest absolute Gasteiger partial charge is 0.313 e. The number of hydrogen-bond acceptors (Lipinski definition) is 5. The number of carbonyl (C=O) groups excluding carboxylic acids is 1. The minimum Gasteiger partial charge on any atom is -0.435 e. The Morgan fingerprint density at radius 1 is 1.19 bits per heavy atom. The van der Waals surface area contributed by atoms with E-state index in [4.69, 9.17) is 4.98 Å². The molecule has 32 heavy (non-hydrogen) atoms. The molecule has 0 radical (unpaired) electrons. The van der Waals surface area contributed by atoms with Crippen LogP contribution in [0.1, 0.15) is 43.0 Å². The third-order valence-electron chi connectivity index (χ3n) is 5.22. The summed E-state index contributed by atoms with van der Waals surface area (Å²) in [5, 5.41) is 11.6. The number of para-hydroxylation sites is 1. The molecule has 1 aromatic heterocycles. The van der Waals surface area contributed by atoms with Crippen molar-refractivity contribution in [2.75, 3.05) is 0 Å². The van der Waals surface area contributed by atoms with Crippen molar-refractivity contribution < 1.29 is 28.5 Å². The Hall–Kier alpha value is -2.86. The predicted molar refractivity (Wildman–Crippen MR) is 122 cm³/mol. The van der Waals surface area contributed by atoms with Gasteiger partial charge in [-0.05, 0) is 47.4 Å². The van der Waals surface area contributed by atoms with Gasteiger partial charge >= 0.3 is 5.97 Å². The monoisotopic (exact) mass is 457 g/mol. The van der Waals surface area contributed by atoms with E-state index in [2.05, 4.69) is 11.3 Å². The largest absolute Gasteiger partial charge is 0.435 e. The van der Waals surface area contributed by atoms with Crippen LogP contribution in [0.5, 0.6) is 0 Å². The second kappa shape index (κ2) is 10.2. The fourth-order valence-electron chi connectivity index (χ4n) is 3.93. The van der Waals surface area contributed by atoms with Crippen molar-refractivity contribution >= 4 is 24.9 Å². The maximum atomic E-state index is 13.6. The number of pyridine rings is 1. The van der Waals surface area contributed by atoms with Crippen LogP contribution in [0.3, 0.4) is 0 Å². The number of aromatic nitrogens is 1. The second-order valence-corrected chi connectivity index (χ2v) is 9.01. The molecule has 6 nitrogen and oxygen atoms in total. The Kier molecular flexibility index (Phi) is 7.56. The van der Waals surface area contributed by atoms with Crippen molar-refractivity contribution in [2.45, 2.75) is 37.9 Å². The zero-order chi connectivity index (χ0) is 23.4. The number of rotatable bonds is 8. The van der Waals surface area contributed by atoms with Crippen LogP contribution in [0.2, 0.25) is 0 Å². The van der Waals surface area contributed by atoms with Gasteiger partial charge in [-0.25, -0.2) is 9.37 Å². The molecule has 0 aliphatic heterocycles. The van der Waals surface area contributed by atoms with Crippen LogP contribution in [0, 0.1) is 5.82 Å². The summed E-state index contributed by atoms with van der Waals surface area (Å²) >= 11 is 0. The molecule has 3 rings (SSSR count). The molecule has 0 bridgehead atoms. The zero-order valence-corrected chi connectivity index (χ0v) is 18.8. The fraction of sp³-hybridized carbons (Fsp3) is 0.250. The van der Waals surface area contributed by atoms with Gasteiger partial charge in [0.25, 0.3) is 0 Å². The Morgan fingerprint density at radius 3 is 2.44 bits per heavy atom. The molecule has 8 heteroatoms. The van der Waals surface area contributed by atoms with Gasteiger partial charge in [0.15, 0.2) is 8.03 Å². The molecule has 168 valence electrons. The highest BCUT2D eigenvalue weighted by atomic mass is 31.1. The first kappa shape index (κ1) is 23.8. The van der Waals surface area contributed by atoms with Gasteiger partial charge in [-0.1, -0.05) is 38.6 Å². The van der Waals surface area contributed by atoms with Crippen LogP contribution < -0.4 is 0 Å². The summed E-state index contributed by atoms with van der Waals surface area (Å²) in [6.45, 7) is 7.18. The number of carbonyl (C=O) groups is 1.